The normalized spacial score (nSPS) is 22.7. The fourth-order valence-electron chi connectivity index (χ4n) is 2.99. The Balaban J connectivity index is 2.58. The first-order chi connectivity index (χ1) is 10.6. The standard InChI is InChI=1S/C18H38N2O2Si/c1-7-15-13-16(22-23(5,6)18(2,3)4)14-20(15)17(21)11-9-8-10-12-19/h15-16H,7-14,19H2,1-6H3/t15-,16-/m1/s1. The molecule has 1 rings (SSSR count). The summed E-state index contributed by atoms with van der Waals surface area (Å²) in [4.78, 5) is 14.6. The molecule has 0 radical (unpaired) electrons. The van der Waals surface area contributed by atoms with Gasteiger partial charge in [-0.1, -0.05) is 34.1 Å². The van der Waals surface area contributed by atoms with E-state index in [1.807, 2.05) is 0 Å². The molecule has 2 atom stereocenters. The molecule has 23 heavy (non-hydrogen) atoms. The largest absolute Gasteiger partial charge is 0.412 e. The van der Waals surface area contributed by atoms with Gasteiger partial charge in [0.2, 0.25) is 5.91 Å². The van der Waals surface area contributed by atoms with Gasteiger partial charge in [-0.25, -0.2) is 0 Å². The van der Waals surface area contributed by atoms with Crippen molar-refractivity contribution in [3.05, 3.63) is 0 Å². The van der Waals surface area contributed by atoms with Crippen molar-refractivity contribution < 1.29 is 9.22 Å². The van der Waals surface area contributed by atoms with Gasteiger partial charge in [0, 0.05) is 19.0 Å². The van der Waals surface area contributed by atoms with Crippen molar-refractivity contribution in [1.82, 2.24) is 4.90 Å². The zero-order valence-electron chi connectivity index (χ0n) is 16.2. The maximum absolute atomic E-state index is 12.5. The highest BCUT2D eigenvalue weighted by molar-refractivity contribution is 6.74. The van der Waals surface area contributed by atoms with Gasteiger partial charge in [-0.2, -0.15) is 0 Å². The van der Waals surface area contributed by atoms with E-state index in [2.05, 4.69) is 45.7 Å². The molecule has 0 spiro atoms. The van der Waals surface area contributed by atoms with E-state index in [-0.39, 0.29) is 11.1 Å². The Hall–Kier alpha value is -0.393. The molecule has 0 unspecified atom stereocenters. The van der Waals surface area contributed by atoms with Crippen LogP contribution in [0.1, 0.15) is 66.2 Å². The average molecular weight is 343 g/mol. The number of hydrogen-bond donors (Lipinski definition) is 1. The van der Waals surface area contributed by atoms with Gasteiger partial charge in [-0.15, -0.1) is 0 Å². The number of carbonyl (C=O) groups is 1. The van der Waals surface area contributed by atoms with Crippen LogP contribution in [-0.2, 0) is 9.22 Å². The quantitative estimate of drug-likeness (QED) is 0.537. The Morgan fingerprint density at radius 1 is 1.26 bits per heavy atom. The van der Waals surface area contributed by atoms with Crippen molar-refractivity contribution >= 4 is 14.2 Å². The van der Waals surface area contributed by atoms with Gasteiger partial charge < -0.3 is 15.1 Å². The summed E-state index contributed by atoms with van der Waals surface area (Å²) in [5.41, 5.74) is 5.52. The lowest BCUT2D eigenvalue weighted by Crippen LogP contribution is -2.44. The first kappa shape index (κ1) is 20.7. The van der Waals surface area contributed by atoms with Crippen molar-refractivity contribution in [3.63, 3.8) is 0 Å². The van der Waals surface area contributed by atoms with Crippen molar-refractivity contribution in [2.24, 2.45) is 5.73 Å². The summed E-state index contributed by atoms with van der Waals surface area (Å²) >= 11 is 0. The fraction of sp³-hybridized carbons (Fsp3) is 0.944. The number of likely N-dealkylation sites (tertiary alicyclic amines) is 1. The molecule has 5 heteroatoms. The molecule has 0 aromatic carbocycles. The predicted molar refractivity (Wildman–Crippen MR) is 100 cm³/mol. The lowest BCUT2D eigenvalue weighted by molar-refractivity contribution is -0.132. The molecule has 4 nitrogen and oxygen atoms in total. The highest BCUT2D eigenvalue weighted by Gasteiger charge is 2.42. The zero-order chi connectivity index (χ0) is 17.7. The number of amides is 1. The van der Waals surface area contributed by atoms with Crippen LogP contribution < -0.4 is 5.73 Å². The van der Waals surface area contributed by atoms with Crippen molar-refractivity contribution in [2.45, 2.75) is 96.5 Å². The third kappa shape index (κ3) is 5.87. The molecule has 0 saturated carbocycles. The SMILES string of the molecule is CC[C@@H]1C[C@@H](O[Si](C)(C)C(C)(C)C)CN1C(=O)CCCCCN. The smallest absolute Gasteiger partial charge is 0.222 e. The van der Waals surface area contributed by atoms with Crippen LogP contribution in [0.4, 0.5) is 0 Å². The molecule has 1 fully saturated rings. The van der Waals surface area contributed by atoms with Gasteiger partial charge in [0.25, 0.3) is 0 Å². The highest BCUT2D eigenvalue weighted by atomic mass is 28.4. The second-order valence-electron chi connectivity index (χ2n) is 8.44. The van der Waals surface area contributed by atoms with E-state index in [4.69, 9.17) is 10.2 Å². The molecule has 0 bridgehead atoms. The molecule has 1 aliphatic heterocycles. The number of nitrogens with two attached hydrogens (primary N) is 1. The van der Waals surface area contributed by atoms with Crippen LogP contribution >= 0.6 is 0 Å². The summed E-state index contributed by atoms with van der Waals surface area (Å²) in [5, 5.41) is 0.217. The Morgan fingerprint density at radius 2 is 1.91 bits per heavy atom. The highest BCUT2D eigenvalue weighted by Crippen LogP contribution is 2.39. The van der Waals surface area contributed by atoms with Gasteiger partial charge in [-0.05, 0) is 50.4 Å². The predicted octanol–water partition coefficient (Wildman–Crippen LogP) is 3.91. The minimum absolute atomic E-state index is 0.217. The Labute approximate surface area is 144 Å². The van der Waals surface area contributed by atoms with E-state index < -0.39 is 8.32 Å². The topological polar surface area (TPSA) is 55.6 Å². The lowest BCUT2D eigenvalue weighted by Gasteiger charge is -2.38. The van der Waals surface area contributed by atoms with Crippen LogP contribution in [-0.4, -0.2) is 44.4 Å². The van der Waals surface area contributed by atoms with Crippen molar-refractivity contribution in [3.8, 4) is 0 Å². The Kier molecular flexibility index (Phi) is 7.75. The third-order valence-electron chi connectivity index (χ3n) is 5.53. The molecule has 2 N–H and O–H groups in total. The summed E-state index contributed by atoms with van der Waals surface area (Å²) in [6, 6.07) is 0.353. The minimum atomic E-state index is -1.76. The molecular weight excluding hydrogens is 304 g/mol. The zero-order valence-corrected chi connectivity index (χ0v) is 17.2. The van der Waals surface area contributed by atoms with Crippen LogP contribution in [0.25, 0.3) is 0 Å². The van der Waals surface area contributed by atoms with E-state index in [0.29, 0.717) is 18.4 Å². The van der Waals surface area contributed by atoms with Gasteiger partial charge in [-0.3, -0.25) is 4.79 Å². The second kappa shape index (κ2) is 8.63. The summed E-state index contributed by atoms with van der Waals surface area (Å²) < 4.78 is 6.55. The first-order valence-corrected chi connectivity index (χ1v) is 12.2. The van der Waals surface area contributed by atoms with Crippen LogP contribution in [0, 0.1) is 0 Å². The van der Waals surface area contributed by atoms with Gasteiger partial charge >= 0.3 is 0 Å². The van der Waals surface area contributed by atoms with Crippen LogP contribution in [0.3, 0.4) is 0 Å². The van der Waals surface area contributed by atoms with E-state index >= 15 is 0 Å². The number of carbonyl (C=O) groups excluding carboxylic acids is 1. The molecule has 1 heterocycles. The summed E-state index contributed by atoms with van der Waals surface area (Å²) in [7, 11) is -1.76. The first-order valence-electron chi connectivity index (χ1n) is 9.29. The second-order valence-corrected chi connectivity index (χ2v) is 13.2. The molecule has 0 aromatic heterocycles. The number of unbranched alkanes of at least 4 members (excludes halogenated alkanes) is 2. The van der Waals surface area contributed by atoms with Gasteiger partial charge in [0.1, 0.15) is 0 Å². The third-order valence-corrected chi connectivity index (χ3v) is 10.1. The lowest BCUT2D eigenvalue weighted by atomic mass is 10.1. The van der Waals surface area contributed by atoms with Crippen molar-refractivity contribution in [1.29, 1.82) is 0 Å². The summed E-state index contributed by atoms with van der Waals surface area (Å²) in [6.07, 6.45) is 5.91. The molecule has 0 aliphatic carbocycles. The number of rotatable bonds is 8. The number of hydrogen-bond acceptors (Lipinski definition) is 3. The van der Waals surface area contributed by atoms with E-state index in [9.17, 15) is 4.79 Å². The van der Waals surface area contributed by atoms with E-state index in [1.165, 1.54) is 0 Å². The maximum Gasteiger partial charge on any atom is 0.222 e. The molecule has 1 amide bonds. The average Bonchev–Trinajstić information content (AvgIpc) is 2.84. The summed E-state index contributed by atoms with van der Waals surface area (Å²) in [5.74, 6) is 0.301. The maximum atomic E-state index is 12.5. The summed E-state index contributed by atoms with van der Waals surface area (Å²) in [6.45, 7) is 15.1. The molecular formula is C18H38N2O2Si. The Bertz CT molecular complexity index is 380. The molecule has 136 valence electrons. The molecule has 1 aliphatic rings. The minimum Gasteiger partial charge on any atom is -0.412 e. The number of nitrogens with zero attached hydrogens (tertiary/aromatic N) is 1. The molecule has 0 aromatic rings. The van der Waals surface area contributed by atoms with Crippen molar-refractivity contribution in [2.75, 3.05) is 13.1 Å². The fourth-order valence-corrected chi connectivity index (χ4v) is 4.34. The monoisotopic (exact) mass is 342 g/mol. The van der Waals surface area contributed by atoms with E-state index in [1.54, 1.807) is 0 Å². The van der Waals surface area contributed by atoms with Crippen LogP contribution in [0.15, 0.2) is 0 Å². The van der Waals surface area contributed by atoms with Gasteiger partial charge in [0.15, 0.2) is 8.32 Å². The van der Waals surface area contributed by atoms with Crippen LogP contribution in [0.5, 0.6) is 0 Å². The van der Waals surface area contributed by atoms with Crippen LogP contribution in [0.2, 0.25) is 18.1 Å². The Morgan fingerprint density at radius 3 is 2.43 bits per heavy atom. The van der Waals surface area contributed by atoms with Gasteiger partial charge in [0.05, 0.1) is 6.10 Å². The van der Waals surface area contributed by atoms with E-state index in [0.717, 1.165) is 45.2 Å². The molecule has 1 saturated heterocycles.